The minimum Gasteiger partial charge on any atom is -0.485 e. The first kappa shape index (κ1) is 15.7. The molecule has 2 aromatic carbocycles. The molecular weight excluding hydrogens is 322 g/mol. The maximum absolute atomic E-state index is 13.1. The van der Waals surface area contributed by atoms with Crippen LogP contribution in [0.25, 0.3) is 0 Å². The van der Waals surface area contributed by atoms with Crippen LogP contribution in [0.3, 0.4) is 0 Å². The van der Waals surface area contributed by atoms with Crippen molar-refractivity contribution >= 4 is 11.8 Å². The van der Waals surface area contributed by atoms with E-state index in [1.54, 1.807) is 24.3 Å². The molecule has 0 spiro atoms. The number of hydrogen-bond acceptors (Lipinski definition) is 4. The Bertz CT molecular complexity index is 797. The van der Waals surface area contributed by atoms with Crippen molar-refractivity contribution < 1.29 is 27.8 Å². The van der Waals surface area contributed by atoms with Crippen molar-refractivity contribution in [2.75, 3.05) is 6.61 Å². The molecule has 124 valence electrons. The molecule has 8 heteroatoms. The molecule has 6 nitrogen and oxygen atoms in total. The van der Waals surface area contributed by atoms with Crippen LogP contribution in [0.15, 0.2) is 42.5 Å². The predicted octanol–water partition coefficient (Wildman–Crippen LogP) is 1.57. The van der Waals surface area contributed by atoms with Gasteiger partial charge in [0, 0.05) is 5.56 Å². The molecule has 0 fully saturated rings. The molecule has 0 aliphatic carbocycles. The number of hydrazine groups is 1. The monoisotopic (exact) mass is 334 g/mol. The Morgan fingerprint density at radius 1 is 1.00 bits per heavy atom. The van der Waals surface area contributed by atoms with Crippen LogP contribution in [0, 0.1) is 11.6 Å². The Hall–Kier alpha value is -3.16. The summed E-state index contributed by atoms with van der Waals surface area (Å²) in [5, 5.41) is 0. The molecule has 1 atom stereocenters. The van der Waals surface area contributed by atoms with E-state index in [0.717, 1.165) is 18.2 Å². The highest BCUT2D eigenvalue weighted by atomic mass is 19.2. The second-order valence-electron chi connectivity index (χ2n) is 4.94. The summed E-state index contributed by atoms with van der Waals surface area (Å²) in [6.45, 7) is -0.0239. The van der Waals surface area contributed by atoms with Crippen molar-refractivity contribution in [3.8, 4) is 11.5 Å². The summed E-state index contributed by atoms with van der Waals surface area (Å²) in [4.78, 5) is 23.8. The van der Waals surface area contributed by atoms with E-state index in [4.69, 9.17) is 9.47 Å². The third-order valence-corrected chi connectivity index (χ3v) is 3.28. The largest absolute Gasteiger partial charge is 0.485 e. The summed E-state index contributed by atoms with van der Waals surface area (Å²) in [7, 11) is 0. The summed E-state index contributed by atoms with van der Waals surface area (Å²) >= 11 is 0. The molecule has 0 bridgehead atoms. The van der Waals surface area contributed by atoms with Gasteiger partial charge in [0.15, 0.2) is 23.1 Å². The number of amides is 2. The summed E-state index contributed by atoms with van der Waals surface area (Å²) in [5.41, 5.74) is 4.12. The van der Waals surface area contributed by atoms with Gasteiger partial charge >= 0.3 is 0 Å². The quantitative estimate of drug-likeness (QED) is 0.818. The van der Waals surface area contributed by atoms with E-state index >= 15 is 0 Å². The molecule has 0 aromatic heterocycles. The Morgan fingerprint density at radius 2 is 1.75 bits per heavy atom. The number of benzene rings is 2. The number of hydrogen-bond donors (Lipinski definition) is 2. The number of ether oxygens (including phenoxy) is 2. The van der Waals surface area contributed by atoms with E-state index in [2.05, 4.69) is 10.9 Å². The van der Waals surface area contributed by atoms with Gasteiger partial charge in [0.2, 0.25) is 6.10 Å². The average Bonchev–Trinajstić information content (AvgIpc) is 2.61. The highest BCUT2D eigenvalue weighted by Crippen LogP contribution is 2.30. The first-order valence-electron chi connectivity index (χ1n) is 6.98. The fourth-order valence-corrected chi connectivity index (χ4v) is 2.06. The lowest BCUT2D eigenvalue weighted by molar-refractivity contribution is -0.131. The van der Waals surface area contributed by atoms with E-state index in [1.165, 1.54) is 0 Å². The maximum Gasteiger partial charge on any atom is 0.283 e. The molecule has 2 N–H and O–H groups in total. The lowest BCUT2D eigenvalue weighted by Crippen LogP contribution is -2.50. The van der Waals surface area contributed by atoms with Crippen molar-refractivity contribution in [1.82, 2.24) is 10.9 Å². The van der Waals surface area contributed by atoms with Crippen LogP contribution in [0.1, 0.15) is 10.4 Å². The summed E-state index contributed by atoms with van der Waals surface area (Å²) < 4.78 is 36.8. The van der Waals surface area contributed by atoms with Crippen molar-refractivity contribution in [1.29, 1.82) is 0 Å². The lowest BCUT2D eigenvalue weighted by atomic mass is 10.2. The molecule has 1 unspecified atom stereocenters. The number of nitrogens with one attached hydrogen (secondary N) is 2. The third-order valence-electron chi connectivity index (χ3n) is 3.28. The van der Waals surface area contributed by atoms with Gasteiger partial charge in [-0.1, -0.05) is 12.1 Å². The Balaban J connectivity index is 1.58. The molecule has 24 heavy (non-hydrogen) atoms. The Kier molecular flexibility index (Phi) is 4.28. The highest BCUT2D eigenvalue weighted by Gasteiger charge is 2.27. The van der Waals surface area contributed by atoms with Crippen LogP contribution in [0.4, 0.5) is 8.78 Å². The van der Waals surface area contributed by atoms with Crippen molar-refractivity contribution in [3.63, 3.8) is 0 Å². The van der Waals surface area contributed by atoms with Crippen LogP contribution < -0.4 is 20.3 Å². The van der Waals surface area contributed by atoms with E-state index in [9.17, 15) is 18.4 Å². The smallest absolute Gasteiger partial charge is 0.283 e. The molecule has 0 saturated heterocycles. The molecular formula is C16H12F2N2O4. The van der Waals surface area contributed by atoms with Crippen molar-refractivity contribution in [2.24, 2.45) is 0 Å². The molecule has 3 rings (SSSR count). The summed E-state index contributed by atoms with van der Waals surface area (Å²) in [5.74, 6) is -2.72. The minimum absolute atomic E-state index is 0.0239. The van der Waals surface area contributed by atoms with Gasteiger partial charge in [0.05, 0.1) is 0 Å². The van der Waals surface area contributed by atoms with Crippen LogP contribution in [-0.2, 0) is 4.79 Å². The standard InChI is InChI=1S/C16H12F2N2O4/c17-10-6-5-9(7-11(10)18)15(21)19-20-16(22)14-8-23-12-3-1-2-4-13(12)24-14/h1-7,14H,8H2,(H,19,21)(H,20,22). The van der Waals surface area contributed by atoms with Gasteiger partial charge in [-0.15, -0.1) is 0 Å². The van der Waals surface area contributed by atoms with Gasteiger partial charge in [-0.05, 0) is 30.3 Å². The second-order valence-corrected chi connectivity index (χ2v) is 4.94. The van der Waals surface area contributed by atoms with Crippen LogP contribution in [0.5, 0.6) is 11.5 Å². The van der Waals surface area contributed by atoms with Gasteiger partial charge in [-0.2, -0.15) is 0 Å². The van der Waals surface area contributed by atoms with E-state index in [-0.39, 0.29) is 12.2 Å². The number of rotatable bonds is 2. The zero-order chi connectivity index (χ0) is 17.1. The Labute approximate surface area is 135 Å². The highest BCUT2D eigenvalue weighted by molar-refractivity contribution is 5.95. The topological polar surface area (TPSA) is 76.7 Å². The zero-order valence-corrected chi connectivity index (χ0v) is 12.2. The van der Waals surface area contributed by atoms with E-state index in [1.807, 2.05) is 0 Å². The third kappa shape index (κ3) is 3.27. The van der Waals surface area contributed by atoms with Gasteiger partial charge in [0.25, 0.3) is 11.8 Å². The van der Waals surface area contributed by atoms with Crippen LogP contribution in [0.2, 0.25) is 0 Å². The summed E-state index contributed by atoms with van der Waals surface area (Å²) in [6, 6.07) is 9.49. The number of carbonyl (C=O) groups excluding carboxylic acids is 2. The zero-order valence-electron chi connectivity index (χ0n) is 12.2. The Morgan fingerprint density at radius 3 is 2.50 bits per heavy atom. The summed E-state index contributed by atoms with van der Waals surface area (Å²) in [6.07, 6.45) is -0.954. The molecule has 0 radical (unpaired) electrons. The number of carbonyl (C=O) groups is 2. The second kappa shape index (κ2) is 6.53. The number of halogens is 2. The lowest BCUT2D eigenvalue weighted by Gasteiger charge is -2.25. The van der Waals surface area contributed by atoms with E-state index in [0.29, 0.717) is 11.5 Å². The fraction of sp³-hybridized carbons (Fsp3) is 0.125. The minimum atomic E-state index is -1.16. The van der Waals surface area contributed by atoms with Gasteiger partial charge < -0.3 is 9.47 Å². The molecule has 2 amide bonds. The first-order valence-corrected chi connectivity index (χ1v) is 6.98. The molecule has 1 heterocycles. The van der Waals surface area contributed by atoms with Crippen LogP contribution in [-0.4, -0.2) is 24.5 Å². The van der Waals surface area contributed by atoms with Gasteiger partial charge in [-0.3, -0.25) is 20.4 Å². The molecule has 1 aliphatic heterocycles. The number of fused-ring (bicyclic) bond motifs is 1. The fourth-order valence-electron chi connectivity index (χ4n) is 2.06. The molecule has 0 saturated carbocycles. The van der Waals surface area contributed by atoms with Crippen molar-refractivity contribution in [3.05, 3.63) is 59.7 Å². The predicted molar refractivity (Wildman–Crippen MR) is 78.3 cm³/mol. The normalized spacial score (nSPS) is 15.5. The maximum atomic E-state index is 13.1. The average molecular weight is 334 g/mol. The number of para-hydroxylation sites is 2. The molecule has 2 aromatic rings. The molecule has 1 aliphatic rings. The van der Waals surface area contributed by atoms with Crippen LogP contribution >= 0.6 is 0 Å². The van der Waals surface area contributed by atoms with Crippen molar-refractivity contribution in [2.45, 2.75) is 6.10 Å². The SMILES string of the molecule is O=C(NNC(=O)C1COc2ccccc2O1)c1ccc(F)c(F)c1. The van der Waals surface area contributed by atoms with Gasteiger partial charge in [-0.25, -0.2) is 8.78 Å². The van der Waals surface area contributed by atoms with Gasteiger partial charge in [0.1, 0.15) is 6.61 Å². The first-order chi connectivity index (χ1) is 11.5. The van der Waals surface area contributed by atoms with E-state index < -0.39 is 29.6 Å².